The van der Waals surface area contributed by atoms with Gasteiger partial charge in [0.15, 0.2) is 0 Å². The molecule has 0 radical (unpaired) electrons. The molecule has 0 bridgehead atoms. The minimum atomic E-state index is -3.60. The van der Waals surface area contributed by atoms with Crippen LogP contribution in [0.2, 0.25) is 0 Å². The number of sulfonamides is 2. The Morgan fingerprint density at radius 3 is 2.22 bits per heavy atom. The lowest BCUT2D eigenvalue weighted by molar-refractivity contribution is 0.573. The third-order valence-corrected chi connectivity index (χ3v) is 6.24. The minimum absolute atomic E-state index is 0.00974. The van der Waals surface area contributed by atoms with Crippen LogP contribution in [-0.4, -0.2) is 35.7 Å². The summed E-state index contributed by atoms with van der Waals surface area (Å²) < 4.78 is 51.9. The van der Waals surface area contributed by atoms with Crippen molar-refractivity contribution in [2.45, 2.75) is 18.2 Å². The molecule has 0 saturated carbocycles. The van der Waals surface area contributed by atoms with Crippen LogP contribution in [0.3, 0.4) is 0 Å². The highest BCUT2D eigenvalue weighted by atomic mass is 32.2. The molecule has 0 aliphatic carbocycles. The van der Waals surface area contributed by atoms with Crippen molar-refractivity contribution in [2.24, 2.45) is 0 Å². The van der Waals surface area contributed by atoms with E-state index in [4.69, 9.17) is 0 Å². The average molecular weight is 356 g/mol. The quantitative estimate of drug-likeness (QED) is 0.700. The van der Waals surface area contributed by atoms with Crippen LogP contribution >= 0.6 is 0 Å². The van der Waals surface area contributed by atoms with E-state index in [0.717, 1.165) is 10.8 Å². The van der Waals surface area contributed by atoms with Crippen LogP contribution in [0.25, 0.3) is 10.8 Å². The Bertz CT molecular complexity index is 877. The van der Waals surface area contributed by atoms with E-state index in [1.165, 1.54) is 0 Å². The standard InChI is InChI=1S/C15H20N2O4S2/c1-2-22(18,19)16-10-5-11-17-23(20,21)15-9-8-13-6-3-4-7-14(13)12-15/h3-4,6-9,12,16-17H,2,5,10-11H2,1H3. The minimum Gasteiger partial charge on any atom is -0.215 e. The van der Waals surface area contributed by atoms with Gasteiger partial charge in [0, 0.05) is 13.1 Å². The first-order valence-corrected chi connectivity index (χ1v) is 10.4. The molecule has 2 aromatic rings. The van der Waals surface area contributed by atoms with E-state index in [0.29, 0.717) is 6.42 Å². The number of rotatable bonds is 8. The summed E-state index contributed by atoms with van der Waals surface area (Å²) in [5, 5.41) is 1.83. The zero-order valence-corrected chi connectivity index (χ0v) is 14.5. The number of nitrogens with one attached hydrogen (secondary N) is 2. The molecule has 0 spiro atoms. The summed E-state index contributed by atoms with van der Waals surface area (Å²) in [5.41, 5.74) is 0. The summed E-state index contributed by atoms with van der Waals surface area (Å²) in [4.78, 5) is 0.199. The number of hydrogen-bond acceptors (Lipinski definition) is 4. The predicted octanol–water partition coefficient (Wildman–Crippen LogP) is 1.45. The van der Waals surface area contributed by atoms with E-state index >= 15 is 0 Å². The number of benzene rings is 2. The molecule has 2 N–H and O–H groups in total. The van der Waals surface area contributed by atoms with Gasteiger partial charge in [-0.25, -0.2) is 26.3 Å². The Morgan fingerprint density at radius 1 is 0.870 bits per heavy atom. The highest BCUT2D eigenvalue weighted by molar-refractivity contribution is 7.89. The largest absolute Gasteiger partial charge is 0.240 e. The van der Waals surface area contributed by atoms with Crippen LogP contribution in [0.5, 0.6) is 0 Å². The van der Waals surface area contributed by atoms with Gasteiger partial charge in [-0.15, -0.1) is 0 Å². The molecule has 0 unspecified atom stereocenters. The monoisotopic (exact) mass is 356 g/mol. The lowest BCUT2D eigenvalue weighted by atomic mass is 10.1. The van der Waals surface area contributed by atoms with Crippen molar-refractivity contribution in [1.82, 2.24) is 9.44 Å². The van der Waals surface area contributed by atoms with E-state index in [1.807, 2.05) is 24.3 Å². The highest BCUT2D eigenvalue weighted by Gasteiger charge is 2.14. The van der Waals surface area contributed by atoms with Gasteiger partial charge in [0.2, 0.25) is 20.0 Å². The Labute approximate surface area is 137 Å². The summed E-state index contributed by atoms with van der Waals surface area (Å²) in [6, 6.07) is 12.5. The molecular weight excluding hydrogens is 336 g/mol. The van der Waals surface area contributed by atoms with Gasteiger partial charge in [0.05, 0.1) is 10.6 Å². The second kappa shape index (κ2) is 7.39. The molecule has 0 heterocycles. The lowest BCUT2D eigenvalue weighted by Gasteiger charge is -2.08. The summed E-state index contributed by atoms with van der Waals surface area (Å²) in [7, 11) is -6.84. The second-order valence-electron chi connectivity index (χ2n) is 5.06. The number of hydrogen-bond donors (Lipinski definition) is 2. The SMILES string of the molecule is CCS(=O)(=O)NCCCNS(=O)(=O)c1ccc2ccccc2c1. The molecule has 2 aromatic carbocycles. The predicted molar refractivity (Wildman–Crippen MR) is 91.2 cm³/mol. The Hall–Kier alpha value is -1.48. The van der Waals surface area contributed by atoms with E-state index < -0.39 is 20.0 Å². The van der Waals surface area contributed by atoms with Gasteiger partial charge in [-0.2, -0.15) is 0 Å². The number of fused-ring (bicyclic) bond motifs is 1. The van der Waals surface area contributed by atoms with Gasteiger partial charge in [-0.1, -0.05) is 30.3 Å². The zero-order valence-electron chi connectivity index (χ0n) is 12.8. The normalized spacial score (nSPS) is 12.6. The topological polar surface area (TPSA) is 92.3 Å². The molecule has 0 fully saturated rings. The van der Waals surface area contributed by atoms with Gasteiger partial charge in [0.1, 0.15) is 0 Å². The fourth-order valence-corrected chi connectivity index (χ4v) is 3.81. The van der Waals surface area contributed by atoms with E-state index in [-0.39, 0.29) is 23.7 Å². The third-order valence-electron chi connectivity index (χ3n) is 3.38. The molecule has 2 rings (SSSR count). The Balaban J connectivity index is 1.95. The summed E-state index contributed by atoms with van der Waals surface area (Å²) in [6.45, 7) is 1.92. The van der Waals surface area contributed by atoms with Crippen molar-refractivity contribution in [3.8, 4) is 0 Å². The Morgan fingerprint density at radius 2 is 1.52 bits per heavy atom. The molecule has 0 amide bonds. The maximum Gasteiger partial charge on any atom is 0.240 e. The molecule has 0 saturated heterocycles. The van der Waals surface area contributed by atoms with Gasteiger partial charge in [-0.3, -0.25) is 0 Å². The van der Waals surface area contributed by atoms with Crippen LogP contribution in [0, 0.1) is 0 Å². The van der Waals surface area contributed by atoms with Crippen molar-refractivity contribution in [1.29, 1.82) is 0 Å². The maximum atomic E-state index is 12.2. The van der Waals surface area contributed by atoms with Crippen LogP contribution < -0.4 is 9.44 Å². The first-order chi connectivity index (χ1) is 10.8. The fraction of sp³-hybridized carbons (Fsp3) is 0.333. The molecule has 8 heteroatoms. The second-order valence-corrected chi connectivity index (χ2v) is 8.92. The Kier molecular flexibility index (Phi) is 5.74. The molecule has 6 nitrogen and oxygen atoms in total. The van der Waals surface area contributed by atoms with Crippen LogP contribution in [-0.2, 0) is 20.0 Å². The van der Waals surface area contributed by atoms with Crippen LogP contribution in [0.15, 0.2) is 47.4 Å². The van der Waals surface area contributed by atoms with Crippen molar-refractivity contribution >= 4 is 30.8 Å². The summed E-state index contributed by atoms with van der Waals surface area (Å²) in [6.07, 6.45) is 0.381. The fourth-order valence-electron chi connectivity index (χ4n) is 2.04. The summed E-state index contributed by atoms with van der Waals surface area (Å²) >= 11 is 0. The first kappa shape index (κ1) is 17.9. The summed E-state index contributed by atoms with van der Waals surface area (Å²) in [5.74, 6) is 0.00974. The van der Waals surface area contributed by atoms with E-state index in [2.05, 4.69) is 9.44 Å². The molecular formula is C15H20N2O4S2. The van der Waals surface area contributed by atoms with E-state index in [1.54, 1.807) is 25.1 Å². The van der Waals surface area contributed by atoms with Crippen molar-refractivity contribution in [3.05, 3.63) is 42.5 Å². The molecule has 0 aromatic heterocycles. The van der Waals surface area contributed by atoms with Crippen molar-refractivity contribution in [3.63, 3.8) is 0 Å². The smallest absolute Gasteiger partial charge is 0.215 e. The first-order valence-electron chi connectivity index (χ1n) is 7.30. The highest BCUT2D eigenvalue weighted by Crippen LogP contribution is 2.18. The molecule has 0 aliphatic heterocycles. The molecule has 23 heavy (non-hydrogen) atoms. The van der Waals surface area contributed by atoms with E-state index in [9.17, 15) is 16.8 Å². The van der Waals surface area contributed by atoms with Gasteiger partial charge in [-0.05, 0) is 36.2 Å². The lowest BCUT2D eigenvalue weighted by Crippen LogP contribution is -2.30. The van der Waals surface area contributed by atoms with Crippen molar-refractivity contribution < 1.29 is 16.8 Å². The zero-order chi connectivity index (χ0) is 16.9. The maximum absolute atomic E-state index is 12.2. The van der Waals surface area contributed by atoms with Gasteiger partial charge in [0.25, 0.3) is 0 Å². The molecule has 0 aliphatic rings. The molecule has 126 valence electrons. The van der Waals surface area contributed by atoms with Crippen molar-refractivity contribution in [2.75, 3.05) is 18.8 Å². The van der Waals surface area contributed by atoms with Crippen LogP contribution in [0.1, 0.15) is 13.3 Å². The van der Waals surface area contributed by atoms with Gasteiger partial charge >= 0.3 is 0 Å². The average Bonchev–Trinajstić information content (AvgIpc) is 2.54. The van der Waals surface area contributed by atoms with Crippen LogP contribution in [0.4, 0.5) is 0 Å². The molecule has 0 atom stereocenters. The van der Waals surface area contributed by atoms with Gasteiger partial charge < -0.3 is 0 Å². The third kappa shape index (κ3) is 5.00.